The van der Waals surface area contributed by atoms with Crippen LogP contribution in [0.25, 0.3) is 0 Å². The Kier molecular flexibility index (Phi) is 2.82. The average Bonchev–Trinajstić information content (AvgIpc) is 2.71. The Bertz CT molecular complexity index is 344. The lowest BCUT2D eigenvalue weighted by Crippen LogP contribution is -2.35. The van der Waals surface area contributed by atoms with Crippen LogP contribution >= 0.6 is 0 Å². The van der Waals surface area contributed by atoms with Crippen LogP contribution in [0.1, 0.15) is 16.8 Å². The molecule has 80 valence electrons. The van der Waals surface area contributed by atoms with Crippen molar-refractivity contribution in [2.75, 3.05) is 18.9 Å². The van der Waals surface area contributed by atoms with Crippen molar-refractivity contribution in [2.45, 2.75) is 12.5 Å². The SMILES string of the molecule is Nc1ccc(C(=O)N[C@H]2CCOC2)cn1. The molecule has 0 radical (unpaired) electrons. The Morgan fingerprint density at radius 3 is 3.07 bits per heavy atom. The Morgan fingerprint density at radius 2 is 2.47 bits per heavy atom. The average molecular weight is 207 g/mol. The fraction of sp³-hybridized carbons (Fsp3) is 0.400. The number of aromatic nitrogens is 1. The van der Waals surface area contributed by atoms with Gasteiger partial charge in [0.2, 0.25) is 0 Å². The third-order valence-corrected chi connectivity index (χ3v) is 2.31. The van der Waals surface area contributed by atoms with E-state index in [0.717, 1.165) is 6.42 Å². The summed E-state index contributed by atoms with van der Waals surface area (Å²) in [4.78, 5) is 15.5. The van der Waals surface area contributed by atoms with Crippen LogP contribution in [0.3, 0.4) is 0 Å². The van der Waals surface area contributed by atoms with Crippen LogP contribution in [0.5, 0.6) is 0 Å². The van der Waals surface area contributed by atoms with Gasteiger partial charge in [-0.15, -0.1) is 0 Å². The Morgan fingerprint density at radius 1 is 1.60 bits per heavy atom. The maximum atomic E-state index is 11.7. The van der Waals surface area contributed by atoms with Crippen LogP contribution in [0.4, 0.5) is 5.82 Å². The maximum Gasteiger partial charge on any atom is 0.253 e. The minimum Gasteiger partial charge on any atom is -0.384 e. The van der Waals surface area contributed by atoms with Gasteiger partial charge < -0.3 is 15.8 Å². The standard InChI is InChI=1S/C10H13N3O2/c11-9-2-1-7(5-12-9)10(14)13-8-3-4-15-6-8/h1-2,5,8H,3-4,6H2,(H2,11,12)(H,13,14)/t8-/m0/s1. The van der Waals surface area contributed by atoms with Gasteiger partial charge in [0.05, 0.1) is 18.2 Å². The van der Waals surface area contributed by atoms with Crippen molar-refractivity contribution in [1.82, 2.24) is 10.3 Å². The van der Waals surface area contributed by atoms with E-state index in [2.05, 4.69) is 10.3 Å². The summed E-state index contributed by atoms with van der Waals surface area (Å²) in [6.07, 6.45) is 2.34. The lowest BCUT2D eigenvalue weighted by Gasteiger charge is -2.10. The predicted molar refractivity (Wildman–Crippen MR) is 55.3 cm³/mol. The highest BCUT2D eigenvalue weighted by atomic mass is 16.5. The Balaban J connectivity index is 1.98. The predicted octanol–water partition coefficient (Wildman–Crippen LogP) is 0.182. The highest BCUT2D eigenvalue weighted by Gasteiger charge is 2.18. The minimum atomic E-state index is -0.127. The third-order valence-electron chi connectivity index (χ3n) is 2.31. The summed E-state index contributed by atoms with van der Waals surface area (Å²) in [5.74, 6) is 0.286. The van der Waals surface area contributed by atoms with E-state index in [4.69, 9.17) is 10.5 Å². The number of hydrogen-bond acceptors (Lipinski definition) is 4. The van der Waals surface area contributed by atoms with Crippen molar-refractivity contribution in [1.29, 1.82) is 0 Å². The fourth-order valence-electron chi connectivity index (χ4n) is 1.46. The summed E-state index contributed by atoms with van der Waals surface area (Å²) in [5, 5.41) is 2.87. The second-order valence-electron chi connectivity index (χ2n) is 3.51. The van der Waals surface area contributed by atoms with Crippen LogP contribution < -0.4 is 11.1 Å². The molecule has 15 heavy (non-hydrogen) atoms. The summed E-state index contributed by atoms with van der Waals surface area (Å²) in [7, 11) is 0. The maximum absolute atomic E-state index is 11.7. The van der Waals surface area contributed by atoms with E-state index in [1.165, 1.54) is 6.20 Å². The molecule has 1 aliphatic heterocycles. The lowest BCUT2D eigenvalue weighted by atomic mass is 10.2. The number of carbonyl (C=O) groups excluding carboxylic acids is 1. The first-order chi connectivity index (χ1) is 7.25. The summed E-state index contributed by atoms with van der Waals surface area (Å²) >= 11 is 0. The van der Waals surface area contributed by atoms with Gasteiger partial charge >= 0.3 is 0 Å². The molecule has 3 N–H and O–H groups in total. The highest BCUT2D eigenvalue weighted by Crippen LogP contribution is 2.06. The van der Waals surface area contributed by atoms with Crippen LogP contribution in [-0.4, -0.2) is 30.1 Å². The molecule has 1 saturated heterocycles. The normalized spacial score (nSPS) is 20.1. The van der Waals surface area contributed by atoms with E-state index in [1.807, 2.05) is 0 Å². The number of pyridine rings is 1. The van der Waals surface area contributed by atoms with Gasteiger partial charge in [-0.2, -0.15) is 0 Å². The first-order valence-electron chi connectivity index (χ1n) is 4.86. The second-order valence-corrected chi connectivity index (χ2v) is 3.51. The molecule has 0 spiro atoms. The molecular weight excluding hydrogens is 194 g/mol. The van der Waals surface area contributed by atoms with Gasteiger partial charge in [0.25, 0.3) is 5.91 Å². The molecule has 0 unspecified atom stereocenters. The van der Waals surface area contributed by atoms with Crippen molar-refractivity contribution in [3.05, 3.63) is 23.9 Å². The van der Waals surface area contributed by atoms with Crippen molar-refractivity contribution < 1.29 is 9.53 Å². The molecule has 0 saturated carbocycles. The number of hydrogen-bond donors (Lipinski definition) is 2. The van der Waals surface area contributed by atoms with Gasteiger partial charge in [-0.1, -0.05) is 0 Å². The smallest absolute Gasteiger partial charge is 0.253 e. The molecule has 1 fully saturated rings. The third kappa shape index (κ3) is 2.44. The van der Waals surface area contributed by atoms with Gasteiger partial charge in [0.15, 0.2) is 0 Å². The van der Waals surface area contributed by atoms with Gasteiger partial charge in [0, 0.05) is 12.8 Å². The number of nitrogens with zero attached hydrogens (tertiary/aromatic N) is 1. The molecule has 0 aliphatic carbocycles. The fourth-order valence-corrected chi connectivity index (χ4v) is 1.46. The number of nitrogens with two attached hydrogens (primary N) is 1. The molecule has 0 aromatic carbocycles. The molecule has 0 bridgehead atoms. The highest BCUT2D eigenvalue weighted by molar-refractivity contribution is 5.94. The van der Waals surface area contributed by atoms with E-state index >= 15 is 0 Å². The van der Waals surface area contributed by atoms with Gasteiger partial charge in [-0.25, -0.2) is 4.98 Å². The van der Waals surface area contributed by atoms with Crippen LogP contribution in [0.2, 0.25) is 0 Å². The largest absolute Gasteiger partial charge is 0.384 e. The number of anilines is 1. The molecule has 1 atom stereocenters. The quantitative estimate of drug-likeness (QED) is 0.725. The van der Waals surface area contributed by atoms with Gasteiger partial charge in [-0.3, -0.25) is 4.79 Å². The number of nitrogens with one attached hydrogen (secondary N) is 1. The molecular formula is C10H13N3O2. The van der Waals surface area contributed by atoms with Crippen molar-refractivity contribution in [3.63, 3.8) is 0 Å². The van der Waals surface area contributed by atoms with E-state index in [1.54, 1.807) is 12.1 Å². The van der Waals surface area contributed by atoms with E-state index in [0.29, 0.717) is 24.6 Å². The summed E-state index contributed by atoms with van der Waals surface area (Å²) in [6.45, 7) is 1.30. The number of ether oxygens (including phenoxy) is 1. The summed E-state index contributed by atoms with van der Waals surface area (Å²) < 4.78 is 5.16. The summed E-state index contributed by atoms with van der Waals surface area (Å²) in [6, 6.07) is 3.39. The number of rotatable bonds is 2. The Labute approximate surface area is 87.6 Å². The van der Waals surface area contributed by atoms with E-state index in [9.17, 15) is 4.79 Å². The molecule has 1 aliphatic rings. The molecule has 1 amide bonds. The first kappa shape index (κ1) is 9.92. The number of amides is 1. The number of nitrogen functional groups attached to an aromatic ring is 1. The monoisotopic (exact) mass is 207 g/mol. The topological polar surface area (TPSA) is 77.2 Å². The Hall–Kier alpha value is -1.62. The molecule has 2 rings (SSSR count). The molecule has 1 aromatic heterocycles. The van der Waals surface area contributed by atoms with Gasteiger partial charge in [0.1, 0.15) is 5.82 Å². The van der Waals surface area contributed by atoms with Crippen LogP contribution in [-0.2, 0) is 4.74 Å². The second kappa shape index (κ2) is 4.27. The first-order valence-corrected chi connectivity index (χ1v) is 4.86. The van der Waals surface area contributed by atoms with Crippen molar-refractivity contribution >= 4 is 11.7 Å². The summed E-state index contributed by atoms with van der Waals surface area (Å²) in [5.41, 5.74) is 5.95. The van der Waals surface area contributed by atoms with E-state index < -0.39 is 0 Å². The minimum absolute atomic E-state index is 0.120. The molecule has 5 heteroatoms. The van der Waals surface area contributed by atoms with Crippen molar-refractivity contribution in [2.24, 2.45) is 0 Å². The zero-order valence-electron chi connectivity index (χ0n) is 8.27. The van der Waals surface area contributed by atoms with E-state index in [-0.39, 0.29) is 11.9 Å². The zero-order chi connectivity index (χ0) is 10.7. The zero-order valence-corrected chi connectivity index (χ0v) is 8.27. The molecule has 1 aromatic rings. The lowest BCUT2D eigenvalue weighted by molar-refractivity contribution is 0.0929. The number of carbonyl (C=O) groups is 1. The van der Waals surface area contributed by atoms with Crippen LogP contribution in [0.15, 0.2) is 18.3 Å². The van der Waals surface area contributed by atoms with Gasteiger partial charge in [-0.05, 0) is 18.6 Å². The van der Waals surface area contributed by atoms with Crippen LogP contribution in [0, 0.1) is 0 Å². The molecule has 2 heterocycles. The molecule has 5 nitrogen and oxygen atoms in total. The van der Waals surface area contributed by atoms with Crippen molar-refractivity contribution in [3.8, 4) is 0 Å².